The number of aliphatic carboxylic acids is 1. The van der Waals surface area contributed by atoms with Gasteiger partial charge in [0, 0.05) is 32.1 Å². The number of amides is 1. The van der Waals surface area contributed by atoms with Crippen molar-refractivity contribution in [2.24, 2.45) is 5.92 Å². The minimum absolute atomic E-state index is 0.0232. The number of likely N-dealkylation sites (tertiary alicyclic amines) is 1. The van der Waals surface area contributed by atoms with Crippen LogP contribution in [0.5, 0.6) is 0 Å². The highest BCUT2D eigenvalue weighted by atomic mass is 32.1. The number of halogens is 3. The van der Waals surface area contributed by atoms with Crippen LogP contribution in [0.2, 0.25) is 0 Å². The van der Waals surface area contributed by atoms with Gasteiger partial charge in [-0.1, -0.05) is 0 Å². The van der Waals surface area contributed by atoms with Crippen LogP contribution in [0.1, 0.15) is 22.5 Å². The Balaban J connectivity index is 0.000000339. The second-order valence-electron chi connectivity index (χ2n) is 7.36. The fourth-order valence-corrected chi connectivity index (χ4v) is 4.30. The summed E-state index contributed by atoms with van der Waals surface area (Å²) in [7, 11) is 0. The molecular weight excluding hydrogens is 437 g/mol. The van der Waals surface area contributed by atoms with E-state index in [-0.39, 0.29) is 12.0 Å². The zero-order valence-corrected chi connectivity index (χ0v) is 17.4. The van der Waals surface area contributed by atoms with Gasteiger partial charge in [-0.2, -0.15) is 24.5 Å². The van der Waals surface area contributed by atoms with E-state index in [2.05, 4.69) is 21.7 Å². The average Bonchev–Trinajstić information content (AvgIpc) is 3.38. The number of hydrogen-bond donors (Lipinski definition) is 1. The minimum Gasteiger partial charge on any atom is -0.475 e. The Morgan fingerprint density at radius 1 is 1.23 bits per heavy atom. The van der Waals surface area contributed by atoms with E-state index < -0.39 is 12.1 Å². The topological polar surface area (TPSA) is 83.2 Å². The molecule has 2 aliphatic rings. The summed E-state index contributed by atoms with van der Waals surface area (Å²) >= 11 is 1.75. The lowest BCUT2D eigenvalue weighted by Gasteiger charge is -2.37. The lowest BCUT2D eigenvalue weighted by molar-refractivity contribution is -0.192. The number of carbonyl (C=O) groups is 2. The van der Waals surface area contributed by atoms with Crippen LogP contribution in [-0.4, -0.2) is 71.8 Å². The van der Waals surface area contributed by atoms with Crippen molar-refractivity contribution >= 4 is 23.2 Å². The third-order valence-electron chi connectivity index (χ3n) is 5.18. The maximum Gasteiger partial charge on any atom is 0.490 e. The molecule has 0 spiro atoms. The first-order valence-electron chi connectivity index (χ1n) is 9.72. The Morgan fingerprint density at radius 2 is 2.00 bits per heavy atom. The summed E-state index contributed by atoms with van der Waals surface area (Å²) < 4.78 is 43.1. The van der Waals surface area contributed by atoms with Gasteiger partial charge in [-0.25, -0.2) is 4.79 Å². The van der Waals surface area contributed by atoms with Crippen molar-refractivity contribution in [3.8, 4) is 0 Å². The molecule has 2 saturated heterocycles. The molecule has 1 amide bonds. The van der Waals surface area contributed by atoms with E-state index in [0.29, 0.717) is 24.8 Å². The van der Waals surface area contributed by atoms with Crippen molar-refractivity contribution in [3.63, 3.8) is 0 Å². The Bertz CT molecular complexity index is 842. The number of piperidine rings is 1. The van der Waals surface area contributed by atoms with Crippen LogP contribution in [0.15, 0.2) is 39.6 Å². The van der Waals surface area contributed by atoms with E-state index >= 15 is 0 Å². The maximum atomic E-state index is 12.5. The van der Waals surface area contributed by atoms with Gasteiger partial charge in [0.2, 0.25) is 0 Å². The van der Waals surface area contributed by atoms with Crippen LogP contribution >= 0.6 is 11.3 Å². The molecule has 2 fully saturated rings. The molecule has 2 aromatic rings. The van der Waals surface area contributed by atoms with Gasteiger partial charge >= 0.3 is 12.1 Å². The number of thiophene rings is 1. The molecule has 11 heteroatoms. The van der Waals surface area contributed by atoms with Crippen LogP contribution in [-0.2, 0) is 16.1 Å². The number of furan rings is 1. The highest BCUT2D eigenvalue weighted by Crippen LogP contribution is 2.26. The smallest absolute Gasteiger partial charge is 0.475 e. The molecule has 7 nitrogen and oxygen atoms in total. The van der Waals surface area contributed by atoms with Gasteiger partial charge in [0.05, 0.1) is 19.0 Å². The molecule has 1 N–H and O–H groups in total. The van der Waals surface area contributed by atoms with E-state index in [4.69, 9.17) is 19.1 Å². The van der Waals surface area contributed by atoms with Crippen LogP contribution in [0.25, 0.3) is 0 Å². The molecule has 2 atom stereocenters. The lowest BCUT2D eigenvalue weighted by atomic mass is 9.93. The summed E-state index contributed by atoms with van der Waals surface area (Å²) in [4.78, 5) is 25.8. The van der Waals surface area contributed by atoms with Crippen LogP contribution in [0.4, 0.5) is 13.2 Å². The number of ether oxygens (including phenoxy) is 1. The monoisotopic (exact) mass is 460 g/mol. The molecule has 0 bridgehead atoms. The van der Waals surface area contributed by atoms with Gasteiger partial charge in [-0.05, 0) is 47.5 Å². The quantitative estimate of drug-likeness (QED) is 0.757. The van der Waals surface area contributed by atoms with Crippen molar-refractivity contribution in [1.82, 2.24) is 9.80 Å². The predicted molar refractivity (Wildman–Crippen MR) is 106 cm³/mol. The minimum atomic E-state index is -5.08. The standard InChI is InChI=1S/C18H22N2O3S.C2HF3O2/c21-18(16-2-1-7-22-16)20-6-8-23-17-12-19(5-3-15(17)11-20)10-14-4-9-24-13-14;3-2(4,5)1(6)7/h1-2,4,7,9,13,15,17H,3,5-6,8,10-12H2;(H,6,7)/t15-,17-;/m1./s1. The highest BCUT2D eigenvalue weighted by molar-refractivity contribution is 7.07. The average molecular weight is 460 g/mol. The molecule has 0 unspecified atom stereocenters. The number of alkyl halides is 3. The number of rotatable bonds is 3. The van der Waals surface area contributed by atoms with Gasteiger partial charge in [-0.3, -0.25) is 9.69 Å². The number of nitrogens with zero attached hydrogens (tertiary/aromatic N) is 2. The first kappa shape index (κ1) is 23.3. The Morgan fingerprint density at radius 3 is 2.61 bits per heavy atom. The normalized spacial score (nSPS) is 22.1. The second-order valence-corrected chi connectivity index (χ2v) is 8.14. The molecule has 4 heterocycles. The third kappa shape index (κ3) is 6.55. The summed E-state index contributed by atoms with van der Waals surface area (Å²) in [6.07, 6.45) is -2.25. The van der Waals surface area contributed by atoms with Gasteiger partial charge in [-0.15, -0.1) is 0 Å². The third-order valence-corrected chi connectivity index (χ3v) is 5.91. The number of carbonyl (C=O) groups excluding carboxylic acids is 1. The first-order valence-corrected chi connectivity index (χ1v) is 10.7. The first-order chi connectivity index (χ1) is 14.7. The van der Waals surface area contributed by atoms with E-state index in [1.54, 1.807) is 29.7 Å². The van der Waals surface area contributed by atoms with Gasteiger partial charge in [0.1, 0.15) is 0 Å². The van der Waals surface area contributed by atoms with Crippen molar-refractivity contribution in [3.05, 3.63) is 46.5 Å². The molecule has 0 aromatic carbocycles. The van der Waals surface area contributed by atoms with Crippen molar-refractivity contribution in [2.45, 2.75) is 25.2 Å². The summed E-state index contributed by atoms with van der Waals surface area (Å²) in [6.45, 7) is 4.99. The summed E-state index contributed by atoms with van der Waals surface area (Å²) in [5.74, 6) is -1.95. The molecule has 0 aliphatic carbocycles. The second kappa shape index (κ2) is 10.3. The van der Waals surface area contributed by atoms with E-state index in [9.17, 15) is 18.0 Å². The van der Waals surface area contributed by atoms with Gasteiger partial charge < -0.3 is 19.2 Å². The van der Waals surface area contributed by atoms with Crippen LogP contribution in [0, 0.1) is 5.92 Å². The number of fused-ring (bicyclic) bond motifs is 1. The number of hydrogen-bond acceptors (Lipinski definition) is 6. The summed E-state index contributed by atoms with van der Waals surface area (Å²) in [6, 6.07) is 5.68. The van der Waals surface area contributed by atoms with Gasteiger partial charge in [0.25, 0.3) is 5.91 Å². The molecule has 0 radical (unpaired) electrons. The molecule has 170 valence electrons. The summed E-state index contributed by atoms with van der Waals surface area (Å²) in [5, 5.41) is 11.5. The van der Waals surface area contributed by atoms with Gasteiger partial charge in [0.15, 0.2) is 5.76 Å². The fourth-order valence-electron chi connectivity index (χ4n) is 3.64. The van der Waals surface area contributed by atoms with Crippen molar-refractivity contribution in [1.29, 1.82) is 0 Å². The molecule has 4 rings (SSSR count). The lowest BCUT2D eigenvalue weighted by Crippen LogP contribution is -2.47. The zero-order valence-electron chi connectivity index (χ0n) is 16.6. The summed E-state index contributed by atoms with van der Waals surface area (Å²) in [5.41, 5.74) is 1.38. The molecular formula is C20H23F3N2O5S. The maximum absolute atomic E-state index is 12.5. The van der Waals surface area contributed by atoms with Crippen molar-refractivity contribution in [2.75, 3.05) is 32.8 Å². The largest absolute Gasteiger partial charge is 0.490 e. The van der Waals surface area contributed by atoms with Crippen molar-refractivity contribution < 1.29 is 37.0 Å². The number of carboxylic acids is 1. The Hall–Kier alpha value is -2.37. The number of carboxylic acid groups (broad SMARTS) is 1. The van der Waals surface area contributed by atoms with E-state index in [1.807, 2.05) is 4.90 Å². The van der Waals surface area contributed by atoms with Crippen LogP contribution < -0.4 is 0 Å². The van der Waals surface area contributed by atoms with E-state index in [0.717, 1.165) is 32.6 Å². The molecule has 2 aromatic heterocycles. The predicted octanol–water partition coefficient (Wildman–Crippen LogP) is 3.34. The Labute approximate surface area is 181 Å². The van der Waals surface area contributed by atoms with E-state index in [1.165, 1.54) is 5.56 Å². The molecule has 2 aliphatic heterocycles. The zero-order chi connectivity index (χ0) is 22.4. The molecule has 31 heavy (non-hydrogen) atoms. The van der Waals surface area contributed by atoms with Crippen LogP contribution in [0.3, 0.4) is 0 Å². The SMILES string of the molecule is O=C(O)C(F)(F)F.O=C(c1ccco1)N1CCO[C@@H]2CN(Cc3ccsc3)CC[C@@H]2C1. The fraction of sp³-hybridized carbons (Fsp3) is 0.500. The Kier molecular flexibility index (Phi) is 7.74. The highest BCUT2D eigenvalue weighted by Gasteiger charge is 2.38. The molecule has 0 saturated carbocycles.